The van der Waals surface area contributed by atoms with Gasteiger partial charge in [-0.1, -0.05) is 34.8 Å². The fourth-order valence-corrected chi connectivity index (χ4v) is 0.772. The number of carboxylic acid groups (broad SMARTS) is 1. The van der Waals surface area contributed by atoms with Gasteiger partial charge in [-0.25, -0.2) is 4.79 Å². The summed E-state index contributed by atoms with van der Waals surface area (Å²) in [6, 6.07) is 0. The van der Waals surface area contributed by atoms with Crippen LogP contribution < -0.4 is 0 Å². The molecule has 0 amide bonds. The lowest BCUT2D eigenvalue weighted by Gasteiger charge is -1.98. The lowest BCUT2D eigenvalue weighted by atomic mass is 10.2. The van der Waals surface area contributed by atoms with Gasteiger partial charge in [0.1, 0.15) is 0 Å². The van der Waals surface area contributed by atoms with Gasteiger partial charge in [0.05, 0.1) is 0 Å². The second-order valence-corrected chi connectivity index (χ2v) is 4.07. The average molecular weight is 235 g/mol. The predicted octanol–water partition coefficient (Wildman–Crippen LogP) is 2.24. The van der Waals surface area contributed by atoms with Crippen molar-refractivity contribution in [2.75, 3.05) is 6.61 Å². The first-order chi connectivity index (χ1) is 5.54. The highest BCUT2D eigenvalue weighted by Crippen LogP contribution is 2.10. The Morgan fingerprint density at radius 3 is 2.17 bits per heavy atom. The molecule has 0 spiro atoms. The normalized spacial score (nSPS) is 21.8. The largest absolute Gasteiger partial charge is 0.479 e. The van der Waals surface area contributed by atoms with Crippen LogP contribution in [0.25, 0.3) is 0 Å². The molecule has 3 nitrogen and oxygen atoms in total. The molecule has 0 bridgehead atoms. The molecule has 0 aromatic carbocycles. The zero-order chi connectivity index (χ0) is 9.56. The molecule has 12 heavy (non-hydrogen) atoms. The van der Waals surface area contributed by atoms with Gasteiger partial charge in [-0.05, 0) is 12.8 Å². The van der Waals surface area contributed by atoms with Crippen LogP contribution in [0.2, 0.25) is 0 Å². The van der Waals surface area contributed by atoms with Crippen molar-refractivity contribution in [1.29, 1.82) is 0 Å². The summed E-state index contributed by atoms with van der Waals surface area (Å²) in [6.45, 7) is 0.608. The van der Waals surface area contributed by atoms with Gasteiger partial charge in [-0.15, -0.1) is 0 Å². The molecule has 0 aromatic heterocycles. The lowest BCUT2D eigenvalue weighted by Crippen LogP contribution is -2.17. The zero-order valence-electron chi connectivity index (χ0n) is 6.17. The van der Waals surface area contributed by atoms with E-state index in [0.29, 0.717) is 13.0 Å². The minimum atomic E-state index is -0.831. The molecule has 1 fully saturated rings. The van der Waals surface area contributed by atoms with E-state index in [2.05, 4.69) is 0 Å². The van der Waals surface area contributed by atoms with E-state index in [-0.39, 0.29) is 0 Å². The van der Waals surface area contributed by atoms with Crippen LogP contribution in [0, 0.1) is 0 Å². The van der Waals surface area contributed by atoms with E-state index in [1.54, 1.807) is 0 Å². The highest BCUT2D eigenvalue weighted by Gasteiger charge is 2.21. The molecule has 1 aliphatic rings. The number of aliphatic carboxylic acids is 1. The summed E-state index contributed by atoms with van der Waals surface area (Å²) in [4.78, 5) is 10.1. The number of ether oxygens (including phenoxy) is 1. The van der Waals surface area contributed by atoms with Gasteiger partial charge in [0, 0.05) is 6.61 Å². The number of halogens is 3. The van der Waals surface area contributed by atoms with E-state index < -0.39 is 16.4 Å². The Morgan fingerprint density at radius 2 is 2.00 bits per heavy atom. The van der Waals surface area contributed by atoms with Crippen molar-refractivity contribution in [3.63, 3.8) is 0 Å². The van der Waals surface area contributed by atoms with Crippen molar-refractivity contribution < 1.29 is 14.6 Å². The second kappa shape index (κ2) is 6.78. The number of alkyl halides is 3. The van der Waals surface area contributed by atoms with Crippen LogP contribution in [0.3, 0.4) is 0 Å². The first-order valence-electron chi connectivity index (χ1n) is 3.30. The van der Waals surface area contributed by atoms with E-state index in [1.807, 2.05) is 0 Å². The van der Waals surface area contributed by atoms with E-state index in [9.17, 15) is 4.79 Å². The van der Waals surface area contributed by atoms with E-state index >= 15 is 0 Å². The Morgan fingerprint density at radius 1 is 1.50 bits per heavy atom. The number of hydrogen-bond donors (Lipinski definition) is 1. The van der Waals surface area contributed by atoms with Crippen molar-refractivity contribution in [2.45, 2.75) is 23.2 Å². The summed E-state index contributed by atoms with van der Waals surface area (Å²) < 4.78 is 4.06. The number of rotatable bonds is 1. The molecule has 1 unspecified atom stereocenters. The van der Waals surface area contributed by atoms with Crippen LogP contribution in [-0.4, -0.2) is 28.1 Å². The van der Waals surface area contributed by atoms with Crippen LogP contribution >= 0.6 is 34.8 Å². The fraction of sp³-hybridized carbons (Fsp3) is 0.833. The summed E-state index contributed by atoms with van der Waals surface area (Å²) in [5.74, 6) is -0.831. The summed E-state index contributed by atoms with van der Waals surface area (Å²) in [5.41, 5.74) is 0. The van der Waals surface area contributed by atoms with Gasteiger partial charge >= 0.3 is 5.97 Å². The number of carboxylic acids is 1. The lowest BCUT2D eigenvalue weighted by molar-refractivity contribution is -0.147. The topological polar surface area (TPSA) is 46.5 Å². The third-order valence-electron chi connectivity index (χ3n) is 1.21. The maximum Gasteiger partial charge on any atom is 0.332 e. The Kier molecular flexibility index (Phi) is 6.95. The first kappa shape index (κ1) is 12.3. The van der Waals surface area contributed by atoms with Gasteiger partial charge in [0.25, 0.3) is 0 Å². The summed E-state index contributed by atoms with van der Waals surface area (Å²) in [7, 11) is 0. The standard InChI is InChI=1S/C5H8O3.CHCl3/c6-5(7)4-2-1-3-8-4;2-1(3)4/h4H,1-3H2,(H,6,7);1H. The summed E-state index contributed by atoms with van der Waals surface area (Å²) in [5, 5.41) is 8.29. The van der Waals surface area contributed by atoms with E-state index in [1.165, 1.54) is 0 Å². The first-order valence-corrected chi connectivity index (χ1v) is 4.61. The van der Waals surface area contributed by atoms with Crippen LogP contribution in [0.4, 0.5) is 0 Å². The molecule has 0 aromatic rings. The van der Waals surface area contributed by atoms with Gasteiger partial charge in [0.15, 0.2) is 10.4 Å². The average Bonchev–Trinajstić information content (AvgIpc) is 2.34. The Bertz CT molecular complexity index is 131. The molecule has 0 radical (unpaired) electrons. The quantitative estimate of drug-likeness (QED) is 0.709. The molecule has 1 saturated heterocycles. The molecule has 72 valence electrons. The van der Waals surface area contributed by atoms with Crippen LogP contribution in [-0.2, 0) is 9.53 Å². The van der Waals surface area contributed by atoms with Crippen molar-refractivity contribution in [3.8, 4) is 0 Å². The van der Waals surface area contributed by atoms with Crippen LogP contribution in [0.1, 0.15) is 12.8 Å². The molecule has 0 aliphatic carbocycles. The zero-order valence-corrected chi connectivity index (χ0v) is 8.44. The van der Waals surface area contributed by atoms with Crippen molar-refractivity contribution in [2.24, 2.45) is 0 Å². The third-order valence-corrected chi connectivity index (χ3v) is 1.21. The van der Waals surface area contributed by atoms with E-state index in [4.69, 9.17) is 44.6 Å². The molecule has 0 saturated carbocycles. The minimum absolute atomic E-state index is 0.519. The predicted molar refractivity (Wildman–Crippen MR) is 48.0 cm³/mol. The highest BCUT2D eigenvalue weighted by molar-refractivity contribution is 6.63. The van der Waals surface area contributed by atoms with Gasteiger partial charge in [-0.3, -0.25) is 0 Å². The number of carbonyl (C=O) groups is 1. The van der Waals surface area contributed by atoms with Crippen molar-refractivity contribution >= 4 is 40.8 Å². The maximum atomic E-state index is 10.1. The molecule has 1 N–H and O–H groups in total. The van der Waals surface area contributed by atoms with Gasteiger partial charge in [0.2, 0.25) is 0 Å². The number of hydrogen-bond acceptors (Lipinski definition) is 2. The van der Waals surface area contributed by atoms with Crippen LogP contribution in [0.5, 0.6) is 0 Å². The SMILES string of the molecule is ClC(Cl)Cl.O=C(O)C1CCCO1. The monoisotopic (exact) mass is 234 g/mol. The molecule has 1 atom stereocenters. The molecule has 1 aliphatic heterocycles. The Labute approximate surface area is 85.5 Å². The maximum absolute atomic E-state index is 10.1. The van der Waals surface area contributed by atoms with Gasteiger partial charge in [-0.2, -0.15) is 0 Å². The molecule has 1 heterocycles. The Hall–Kier alpha value is 0.300. The second-order valence-electron chi connectivity index (χ2n) is 2.09. The Balaban J connectivity index is 0.000000261. The highest BCUT2D eigenvalue weighted by atomic mass is 35.6. The smallest absolute Gasteiger partial charge is 0.332 e. The fourth-order valence-electron chi connectivity index (χ4n) is 0.772. The molecule has 6 heteroatoms. The minimum Gasteiger partial charge on any atom is -0.479 e. The van der Waals surface area contributed by atoms with Gasteiger partial charge < -0.3 is 9.84 Å². The molecular formula is C6H9Cl3O3. The molecular weight excluding hydrogens is 226 g/mol. The molecule has 1 rings (SSSR count). The van der Waals surface area contributed by atoms with Crippen molar-refractivity contribution in [3.05, 3.63) is 0 Å². The summed E-state index contributed by atoms with van der Waals surface area (Å²) in [6.07, 6.45) is 1.04. The summed E-state index contributed by atoms with van der Waals surface area (Å²) >= 11 is 14.4. The van der Waals surface area contributed by atoms with Crippen molar-refractivity contribution in [1.82, 2.24) is 0 Å². The third kappa shape index (κ3) is 6.98. The van der Waals surface area contributed by atoms with E-state index in [0.717, 1.165) is 6.42 Å². The van der Waals surface area contributed by atoms with Crippen LogP contribution in [0.15, 0.2) is 0 Å².